The first-order valence-electron chi connectivity index (χ1n) is 8.30. The van der Waals surface area contributed by atoms with Crippen molar-refractivity contribution >= 4 is 15.9 Å². The van der Waals surface area contributed by atoms with Gasteiger partial charge in [0.15, 0.2) is 0 Å². The number of hydrogen-bond donors (Lipinski definition) is 1. The van der Waals surface area contributed by atoms with E-state index in [0.717, 1.165) is 11.1 Å². The van der Waals surface area contributed by atoms with E-state index in [9.17, 15) is 13.2 Å². The molecule has 1 aliphatic heterocycles. The van der Waals surface area contributed by atoms with E-state index in [-0.39, 0.29) is 18.5 Å². The van der Waals surface area contributed by atoms with Gasteiger partial charge in [0.25, 0.3) is 0 Å². The lowest BCUT2D eigenvalue weighted by atomic mass is 10.2. The summed E-state index contributed by atoms with van der Waals surface area (Å²) in [5.41, 5.74) is 1.79. The zero-order chi connectivity index (χ0) is 18.6. The van der Waals surface area contributed by atoms with E-state index in [1.165, 1.54) is 4.31 Å². The third kappa shape index (κ3) is 4.40. The van der Waals surface area contributed by atoms with E-state index in [2.05, 4.69) is 11.2 Å². The van der Waals surface area contributed by atoms with Crippen LogP contribution >= 0.6 is 0 Å². The van der Waals surface area contributed by atoms with Gasteiger partial charge >= 0.3 is 0 Å². The van der Waals surface area contributed by atoms with Gasteiger partial charge in [-0.1, -0.05) is 23.6 Å². The van der Waals surface area contributed by atoms with Crippen molar-refractivity contribution in [1.82, 2.24) is 14.5 Å². The highest BCUT2D eigenvalue weighted by molar-refractivity contribution is 7.89. The fourth-order valence-corrected chi connectivity index (χ4v) is 4.64. The van der Waals surface area contributed by atoms with Crippen LogP contribution in [-0.4, -0.2) is 62.3 Å². The van der Waals surface area contributed by atoms with Gasteiger partial charge in [-0.2, -0.15) is 4.31 Å². The molecular weight excluding hydrogens is 338 g/mol. The number of aryl methyl sites for hydroxylation is 2. The van der Waals surface area contributed by atoms with Crippen LogP contribution in [0.25, 0.3) is 0 Å². The number of carbonyl (C=O) groups excluding carboxylic acids is 1. The lowest BCUT2D eigenvalue weighted by molar-refractivity contribution is -0.126. The summed E-state index contributed by atoms with van der Waals surface area (Å²) in [6.45, 7) is 7.50. The van der Waals surface area contributed by atoms with Crippen LogP contribution in [0, 0.1) is 26.2 Å². The number of nitrogens with one attached hydrogen (secondary N) is 1. The average Bonchev–Trinajstić information content (AvgIpc) is 2.58. The van der Waals surface area contributed by atoms with Crippen molar-refractivity contribution in [2.24, 2.45) is 0 Å². The molecule has 7 heteroatoms. The SMILES string of the molecule is C#CCNC(=O)C(C)N1CCN(S(=O)(=O)c2ccc(C)cc2C)CC1. The van der Waals surface area contributed by atoms with Crippen LogP contribution < -0.4 is 5.32 Å². The first kappa shape index (κ1) is 19.4. The zero-order valence-electron chi connectivity index (χ0n) is 14.9. The number of amides is 1. The molecule has 1 heterocycles. The Morgan fingerprint density at radius 3 is 2.48 bits per heavy atom. The van der Waals surface area contributed by atoms with Gasteiger partial charge in [0, 0.05) is 26.2 Å². The van der Waals surface area contributed by atoms with Crippen molar-refractivity contribution in [3.63, 3.8) is 0 Å². The van der Waals surface area contributed by atoms with E-state index in [1.807, 2.05) is 30.9 Å². The standard InChI is InChI=1S/C18H25N3O3S/c1-5-8-19-18(22)16(4)20-9-11-21(12-10-20)25(23,24)17-7-6-14(2)13-15(17)3/h1,6-7,13,16H,8-12H2,2-4H3,(H,19,22). The molecule has 0 saturated carbocycles. The minimum Gasteiger partial charge on any atom is -0.344 e. The first-order valence-corrected chi connectivity index (χ1v) is 9.74. The van der Waals surface area contributed by atoms with Crippen molar-refractivity contribution in [2.45, 2.75) is 31.7 Å². The molecule has 1 saturated heterocycles. The summed E-state index contributed by atoms with van der Waals surface area (Å²) in [7, 11) is -3.51. The zero-order valence-corrected chi connectivity index (χ0v) is 15.8. The van der Waals surface area contributed by atoms with Gasteiger partial charge in [0.2, 0.25) is 15.9 Å². The van der Waals surface area contributed by atoms with E-state index in [1.54, 1.807) is 13.0 Å². The van der Waals surface area contributed by atoms with Crippen molar-refractivity contribution < 1.29 is 13.2 Å². The minimum absolute atomic E-state index is 0.136. The highest BCUT2D eigenvalue weighted by Gasteiger charge is 2.32. The van der Waals surface area contributed by atoms with Crippen molar-refractivity contribution in [2.75, 3.05) is 32.7 Å². The normalized spacial score (nSPS) is 17.7. The second-order valence-corrected chi connectivity index (χ2v) is 8.21. The summed E-state index contributed by atoms with van der Waals surface area (Å²) >= 11 is 0. The van der Waals surface area contributed by atoms with Gasteiger partial charge in [-0.05, 0) is 32.4 Å². The summed E-state index contributed by atoms with van der Waals surface area (Å²) < 4.78 is 27.2. The number of sulfonamides is 1. The summed E-state index contributed by atoms with van der Waals surface area (Å²) in [5, 5.41) is 2.66. The Hall–Kier alpha value is -1.88. The Bertz CT molecular complexity index is 775. The molecule has 0 radical (unpaired) electrons. The predicted octanol–water partition coefficient (Wildman–Crippen LogP) is 0.748. The Morgan fingerprint density at radius 1 is 1.28 bits per heavy atom. The van der Waals surface area contributed by atoms with E-state index in [0.29, 0.717) is 31.1 Å². The molecule has 1 aromatic rings. The van der Waals surface area contributed by atoms with Crippen molar-refractivity contribution in [3.05, 3.63) is 29.3 Å². The third-order valence-electron chi connectivity index (χ3n) is 4.51. The smallest absolute Gasteiger partial charge is 0.243 e. The lowest BCUT2D eigenvalue weighted by Gasteiger charge is -2.36. The molecule has 2 rings (SSSR count). The quantitative estimate of drug-likeness (QED) is 0.784. The van der Waals surface area contributed by atoms with E-state index in [4.69, 9.17) is 6.42 Å². The Morgan fingerprint density at radius 2 is 1.92 bits per heavy atom. The molecule has 136 valence electrons. The molecule has 25 heavy (non-hydrogen) atoms. The molecule has 0 bridgehead atoms. The number of carbonyl (C=O) groups is 1. The van der Waals surface area contributed by atoms with Crippen LogP contribution in [0.4, 0.5) is 0 Å². The highest BCUT2D eigenvalue weighted by Crippen LogP contribution is 2.22. The number of hydrogen-bond acceptors (Lipinski definition) is 4. The van der Waals surface area contributed by atoms with Gasteiger partial charge in [-0.15, -0.1) is 6.42 Å². The summed E-state index contributed by atoms with van der Waals surface area (Å²) in [6, 6.07) is 5.02. The molecule has 1 unspecified atom stereocenters. The van der Waals surface area contributed by atoms with Crippen molar-refractivity contribution in [1.29, 1.82) is 0 Å². The summed E-state index contributed by atoms with van der Waals surface area (Å²) in [6.07, 6.45) is 5.15. The van der Waals surface area contributed by atoms with Crippen LogP contribution in [0.5, 0.6) is 0 Å². The molecule has 1 N–H and O–H groups in total. The fourth-order valence-electron chi connectivity index (χ4n) is 3.01. The molecule has 0 spiro atoms. The number of piperazine rings is 1. The van der Waals surface area contributed by atoms with Gasteiger partial charge in [-0.25, -0.2) is 8.42 Å². The van der Waals surface area contributed by atoms with Crippen molar-refractivity contribution in [3.8, 4) is 12.3 Å². The maximum Gasteiger partial charge on any atom is 0.243 e. The van der Waals surface area contributed by atoms with Crippen LogP contribution in [0.1, 0.15) is 18.1 Å². The number of nitrogens with zero attached hydrogens (tertiary/aromatic N) is 2. The molecule has 6 nitrogen and oxygen atoms in total. The minimum atomic E-state index is -3.51. The Labute approximate surface area is 150 Å². The predicted molar refractivity (Wildman–Crippen MR) is 97.6 cm³/mol. The van der Waals surface area contributed by atoms with E-state index >= 15 is 0 Å². The monoisotopic (exact) mass is 363 g/mol. The molecule has 1 aliphatic rings. The number of rotatable bonds is 5. The van der Waals surface area contributed by atoms with Gasteiger partial charge < -0.3 is 5.32 Å². The summed E-state index contributed by atoms with van der Waals surface area (Å²) in [5.74, 6) is 2.24. The largest absolute Gasteiger partial charge is 0.344 e. The van der Waals surface area contributed by atoms with Gasteiger partial charge in [-0.3, -0.25) is 9.69 Å². The highest BCUT2D eigenvalue weighted by atomic mass is 32.2. The molecule has 1 aromatic carbocycles. The second kappa shape index (κ2) is 8.00. The topological polar surface area (TPSA) is 69.7 Å². The summed E-state index contributed by atoms with van der Waals surface area (Å²) in [4.78, 5) is 14.3. The average molecular weight is 363 g/mol. The van der Waals surface area contributed by atoms with Crippen LogP contribution in [0.15, 0.2) is 23.1 Å². The maximum absolute atomic E-state index is 12.9. The third-order valence-corrected chi connectivity index (χ3v) is 6.57. The molecule has 1 atom stereocenters. The Kier molecular flexibility index (Phi) is 6.22. The second-order valence-electron chi connectivity index (χ2n) is 6.31. The van der Waals surface area contributed by atoms with Crippen LogP contribution in [0.3, 0.4) is 0 Å². The molecular formula is C18H25N3O3S. The number of benzene rings is 1. The number of terminal acetylenes is 1. The van der Waals surface area contributed by atoms with Gasteiger partial charge in [0.1, 0.15) is 0 Å². The fraction of sp³-hybridized carbons (Fsp3) is 0.500. The maximum atomic E-state index is 12.9. The molecule has 1 fully saturated rings. The lowest BCUT2D eigenvalue weighted by Crippen LogP contribution is -2.54. The first-order chi connectivity index (χ1) is 11.8. The van der Waals surface area contributed by atoms with Crippen LogP contribution in [-0.2, 0) is 14.8 Å². The Balaban J connectivity index is 2.04. The molecule has 0 aliphatic carbocycles. The molecule has 1 amide bonds. The van der Waals surface area contributed by atoms with Crippen LogP contribution in [0.2, 0.25) is 0 Å². The molecule has 0 aromatic heterocycles. The van der Waals surface area contributed by atoms with E-state index < -0.39 is 10.0 Å². The van der Waals surface area contributed by atoms with Gasteiger partial charge in [0.05, 0.1) is 17.5 Å².